The number of para-hydroxylation sites is 1. The van der Waals surface area contributed by atoms with Crippen molar-refractivity contribution in [2.75, 3.05) is 20.2 Å². The molecule has 0 heterocycles. The molecule has 0 aliphatic heterocycles. The van der Waals surface area contributed by atoms with E-state index >= 15 is 0 Å². The van der Waals surface area contributed by atoms with Crippen LogP contribution in [0, 0.1) is 5.92 Å². The van der Waals surface area contributed by atoms with E-state index in [9.17, 15) is 0 Å². The van der Waals surface area contributed by atoms with E-state index in [1.165, 1.54) is 12.8 Å². The minimum atomic E-state index is 0.205. The number of hydrogen-bond acceptors (Lipinski definition) is 3. The Morgan fingerprint density at radius 2 is 2.19 bits per heavy atom. The van der Waals surface area contributed by atoms with Gasteiger partial charge >= 0.3 is 0 Å². The zero-order valence-electron chi connectivity index (χ0n) is 9.78. The summed E-state index contributed by atoms with van der Waals surface area (Å²) in [5.74, 6) is 1.78. The highest BCUT2D eigenvalue weighted by Gasteiger charge is 2.23. The van der Waals surface area contributed by atoms with E-state index in [0.717, 1.165) is 23.8 Å². The number of ether oxygens (including phenoxy) is 1. The molecule has 88 valence electrons. The van der Waals surface area contributed by atoms with Crippen LogP contribution in [0.2, 0.25) is 0 Å². The van der Waals surface area contributed by atoms with Gasteiger partial charge < -0.3 is 15.8 Å². The zero-order valence-corrected chi connectivity index (χ0v) is 9.78. The van der Waals surface area contributed by atoms with Gasteiger partial charge in [0, 0.05) is 18.2 Å². The van der Waals surface area contributed by atoms with Crippen molar-refractivity contribution in [3.63, 3.8) is 0 Å². The molecule has 16 heavy (non-hydrogen) atoms. The molecule has 2 rings (SSSR count). The third kappa shape index (κ3) is 2.74. The summed E-state index contributed by atoms with van der Waals surface area (Å²) < 4.78 is 5.36. The van der Waals surface area contributed by atoms with Crippen LogP contribution in [0.1, 0.15) is 24.4 Å². The summed E-state index contributed by atoms with van der Waals surface area (Å²) in [6, 6.07) is 8.28. The summed E-state index contributed by atoms with van der Waals surface area (Å²) in [5, 5.41) is 3.52. The van der Waals surface area contributed by atoms with Crippen LogP contribution in [-0.2, 0) is 0 Å². The molecule has 1 fully saturated rings. The lowest BCUT2D eigenvalue weighted by molar-refractivity contribution is 0.398. The number of methoxy groups -OCH3 is 1. The Balaban J connectivity index is 2.04. The van der Waals surface area contributed by atoms with E-state index in [1.807, 2.05) is 18.2 Å². The second-order valence-corrected chi connectivity index (χ2v) is 4.38. The van der Waals surface area contributed by atoms with E-state index in [2.05, 4.69) is 11.4 Å². The van der Waals surface area contributed by atoms with Crippen LogP contribution < -0.4 is 15.8 Å². The third-order valence-electron chi connectivity index (χ3n) is 3.10. The van der Waals surface area contributed by atoms with Gasteiger partial charge in [-0.05, 0) is 31.4 Å². The Kier molecular flexibility index (Phi) is 3.80. The van der Waals surface area contributed by atoms with Crippen molar-refractivity contribution in [3.8, 4) is 5.75 Å². The van der Waals surface area contributed by atoms with Crippen molar-refractivity contribution in [1.82, 2.24) is 5.32 Å². The maximum absolute atomic E-state index is 5.82. The molecule has 1 unspecified atom stereocenters. The summed E-state index contributed by atoms with van der Waals surface area (Å²) in [6.45, 7) is 1.67. The maximum atomic E-state index is 5.82. The second kappa shape index (κ2) is 5.32. The topological polar surface area (TPSA) is 47.3 Å². The maximum Gasteiger partial charge on any atom is 0.123 e. The molecule has 0 spiro atoms. The number of benzene rings is 1. The Morgan fingerprint density at radius 1 is 1.44 bits per heavy atom. The lowest BCUT2D eigenvalue weighted by Gasteiger charge is -2.19. The lowest BCUT2D eigenvalue weighted by Crippen LogP contribution is -2.30. The normalized spacial score (nSPS) is 17.1. The first kappa shape index (κ1) is 11.4. The minimum absolute atomic E-state index is 0.205. The largest absolute Gasteiger partial charge is 0.496 e. The van der Waals surface area contributed by atoms with Crippen LogP contribution in [0.25, 0.3) is 0 Å². The summed E-state index contributed by atoms with van der Waals surface area (Å²) in [7, 11) is 1.70. The highest BCUT2D eigenvalue weighted by atomic mass is 16.5. The first-order valence-electron chi connectivity index (χ1n) is 5.91. The van der Waals surface area contributed by atoms with Gasteiger partial charge in [-0.3, -0.25) is 0 Å². The van der Waals surface area contributed by atoms with E-state index in [-0.39, 0.29) is 6.04 Å². The molecule has 0 bridgehead atoms. The van der Waals surface area contributed by atoms with Crippen molar-refractivity contribution in [2.24, 2.45) is 11.7 Å². The first-order valence-corrected chi connectivity index (χ1v) is 5.91. The smallest absolute Gasteiger partial charge is 0.123 e. The predicted octanol–water partition coefficient (Wildman–Crippen LogP) is 1.69. The molecule has 0 aromatic heterocycles. The number of nitrogens with two attached hydrogens (primary N) is 1. The monoisotopic (exact) mass is 220 g/mol. The first-order chi connectivity index (χ1) is 7.85. The van der Waals surface area contributed by atoms with Gasteiger partial charge in [0.2, 0.25) is 0 Å². The molecule has 1 atom stereocenters. The number of hydrogen-bond donors (Lipinski definition) is 2. The van der Waals surface area contributed by atoms with Crippen LogP contribution in [0.4, 0.5) is 0 Å². The molecule has 3 nitrogen and oxygen atoms in total. The molecule has 1 aliphatic carbocycles. The van der Waals surface area contributed by atoms with E-state index in [0.29, 0.717) is 6.54 Å². The fraction of sp³-hybridized carbons (Fsp3) is 0.538. The quantitative estimate of drug-likeness (QED) is 0.767. The summed E-state index contributed by atoms with van der Waals surface area (Å²) in [5.41, 5.74) is 6.98. The van der Waals surface area contributed by atoms with Gasteiger partial charge in [-0.1, -0.05) is 18.2 Å². The molecule has 1 aromatic carbocycles. The molecule has 0 saturated heterocycles. The number of nitrogens with one attached hydrogen (secondary N) is 1. The van der Waals surface area contributed by atoms with Gasteiger partial charge in [0.25, 0.3) is 0 Å². The summed E-state index contributed by atoms with van der Waals surface area (Å²) >= 11 is 0. The van der Waals surface area contributed by atoms with Gasteiger partial charge in [-0.25, -0.2) is 0 Å². The second-order valence-electron chi connectivity index (χ2n) is 4.38. The van der Waals surface area contributed by atoms with Crippen molar-refractivity contribution < 1.29 is 4.74 Å². The van der Waals surface area contributed by atoms with Crippen molar-refractivity contribution in [1.29, 1.82) is 0 Å². The van der Waals surface area contributed by atoms with Crippen LogP contribution in [-0.4, -0.2) is 20.2 Å². The molecule has 1 saturated carbocycles. The Hall–Kier alpha value is -1.06. The van der Waals surface area contributed by atoms with E-state index in [4.69, 9.17) is 10.5 Å². The van der Waals surface area contributed by atoms with Crippen molar-refractivity contribution >= 4 is 0 Å². The summed E-state index contributed by atoms with van der Waals surface area (Å²) in [6.07, 6.45) is 2.71. The van der Waals surface area contributed by atoms with Gasteiger partial charge in [0.05, 0.1) is 7.11 Å². The van der Waals surface area contributed by atoms with Crippen LogP contribution in [0.3, 0.4) is 0 Å². The van der Waals surface area contributed by atoms with Gasteiger partial charge in [-0.15, -0.1) is 0 Å². The van der Waals surface area contributed by atoms with Gasteiger partial charge in [-0.2, -0.15) is 0 Å². The summed E-state index contributed by atoms with van der Waals surface area (Å²) in [4.78, 5) is 0. The predicted molar refractivity (Wildman–Crippen MR) is 65.5 cm³/mol. The average molecular weight is 220 g/mol. The minimum Gasteiger partial charge on any atom is -0.496 e. The molecule has 3 N–H and O–H groups in total. The van der Waals surface area contributed by atoms with Crippen molar-refractivity contribution in [3.05, 3.63) is 29.8 Å². The fourth-order valence-corrected chi connectivity index (χ4v) is 1.91. The van der Waals surface area contributed by atoms with Crippen LogP contribution >= 0.6 is 0 Å². The van der Waals surface area contributed by atoms with Gasteiger partial charge in [0.15, 0.2) is 0 Å². The van der Waals surface area contributed by atoms with Crippen LogP contribution in [0.15, 0.2) is 24.3 Å². The lowest BCUT2D eigenvalue weighted by atomic mass is 10.1. The zero-order chi connectivity index (χ0) is 11.4. The molecule has 1 aliphatic rings. The third-order valence-corrected chi connectivity index (χ3v) is 3.10. The van der Waals surface area contributed by atoms with Crippen LogP contribution in [0.5, 0.6) is 5.75 Å². The SMILES string of the molecule is COc1ccccc1C(CN)NCC1CC1. The highest BCUT2D eigenvalue weighted by Crippen LogP contribution is 2.29. The van der Waals surface area contributed by atoms with E-state index < -0.39 is 0 Å². The van der Waals surface area contributed by atoms with Gasteiger partial charge in [0.1, 0.15) is 5.75 Å². The fourth-order valence-electron chi connectivity index (χ4n) is 1.91. The Bertz CT molecular complexity index is 336. The average Bonchev–Trinajstić information content (AvgIpc) is 3.14. The highest BCUT2D eigenvalue weighted by molar-refractivity contribution is 5.36. The molecular weight excluding hydrogens is 200 g/mol. The standard InChI is InChI=1S/C13H20N2O/c1-16-13-5-3-2-4-11(13)12(8-14)15-9-10-6-7-10/h2-5,10,12,15H,6-9,14H2,1H3. The molecule has 3 heteroatoms. The number of rotatable bonds is 6. The van der Waals surface area contributed by atoms with Crippen molar-refractivity contribution in [2.45, 2.75) is 18.9 Å². The Morgan fingerprint density at radius 3 is 2.81 bits per heavy atom. The molecule has 0 radical (unpaired) electrons. The Labute approximate surface area is 97.0 Å². The molecular formula is C13H20N2O. The van der Waals surface area contributed by atoms with E-state index in [1.54, 1.807) is 7.11 Å². The molecule has 1 aromatic rings. The molecule has 0 amide bonds.